The van der Waals surface area contributed by atoms with Gasteiger partial charge in [-0.1, -0.05) is 40.9 Å². The molecule has 3 nitrogen and oxygen atoms in total. The van der Waals surface area contributed by atoms with Gasteiger partial charge in [0, 0.05) is 11.6 Å². The highest BCUT2D eigenvalue weighted by Gasteiger charge is 2.19. The van der Waals surface area contributed by atoms with Gasteiger partial charge >= 0.3 is 0 Å². The van der Waals surface area contributed by atoms with Gasteiger partial charge in [0.25, 0.3) is 0 Å². The molecule has 0 bridgehead atoms. The van der Waals surface area contributed by atoms with Crippen LogP contribution in [-0.2, 0) is 0 Å². The van der Waals surface area contributed by atoms with Crippen molar-refractivity contribution in [1.29, 1.82) is 0 Å². The number of rotatable bonds is 3. The number of halogens is 3. The van der Waals surface area contributed by atoms with Gasteiger partial charge in [-0.2, -0.15) is 0 Å². The molecule has 2 aromatic rings. The lowest BCUT2D eigenvalue weighted by Gasteiger charge is -2.14. The predicted molar refractivity (Wildman–Crippen MR) is 77.8 cm³/mol. The van der Waals surface area contributed by atoms with E-state index in [9.17, 15) is 0 Å². The first kappa shape index (κ1) is 14.3. The van der Waals surface area contributed by atoms with Gasteiger partial charge in [0.15, 0.2) is 0 Å². The van der Waals surface area contributed by atoms with Gasteiger partial charge in [0.1, 0.15) is 16.7 Å². The van der Waals surface area contributed by atoms with E-state index in [4.69, 9.17) is 44.3 Å². The Labute approximate surface area is 126 Å². The molecule has 6 heteroatoms. The van der Waals surface area contributed by atoms with Crippen LogP contribution in [0.4, 0.5) is 0 Å². The Morgan fingerprint density at radius 2 is 1.53 bits per heavy atom. The average Bonchev–Trinajstić information content (AvgIpc) is 2.39. The molecule has 1 heterocycles. The maximum absolute atomic E-state index is 6.28. The molecule has 0 aliphatic rings. The van der Waals surface area contributed by atoms with Crippen molar-refractivity contribution in [2.75, 3.05) is 14.2 Å². The Balaban J connectivity index is 2.74. The van der Waals surface area contributed by atoms with Gasteiger partial charge in [0.05, 0.1) is 30.0 Å². The molecule has 1 aromatic heterocycles. The maximum atomic E-state index is 6.28. The van der Waals surface area contributed by atoms with Gasteiger partial charge < -0.3 is 9.47 Å². The minimum absolute atomic E-state index is 0.353. The summed E-state index contributed by atoms with van der Waals surface area (Å²) in [6.07, 6.45) is 0. The second kappa shape index (κ2) is 5.87. The van der Waals surface area contributed by atoms with E-state index in [2.05, 4.69) is 4.98 Å². The Kier molecular flexibility index (Phi) is 4.40. The van der Waals surface area contributed by atoms with Crippen LogP contribution in [-0.4, -0.2) is 19.2 Å². The molecule has 19 heavy (non-hydrogen) atoms. The fourth-order valence-electron chi connectivity index (χ4n) is 1.66. The lowest BCUT2D eigenvalue weighted by Crippen LogP contribution is -1.94. The lowest BCUT2D eigenvalue weighted by molar-refractivity contribution is 0.395. The largest absolute Gasteiger partial charge is 0.495 e. The highest BCUT2D eigenvalue weighted by atomic mass is 35.5. The normalized spacial score (nSPS) is 10.4. The average molecular weight is 319 g/mol. The van der Waals surface area contributed by atoms with E-state index < -0.39 is 0 Å². The van der Waals surface area contributed by atoms with Crippen LogP contribution in [0.25, 0.3) is 11.3 Å². The molecule has 0 amide bonds. The fourth-order valence-corrected chi connectivity index (χ4v) is 2.52. The van der Waals surface area contributed by atoms with Crippen LogP contribution >= 0.6 is 34.8 Å². The summed E-state index contributed by atoms with van der Waals surface area (Å²) in [5.74, 6) is 0.916. The fraction of sp³-hybridized carbons (Fsp3) is 0.154. The molecule has 1 aromatic carbocycles. The summed E-state index contributed by atoms with van der Waals surface area (Å²) in [7, 11) is 3.04. The molecule has 0 aliphatic carbocycles. The van der Waals surface area contributed by atoms with Gasteiger partial charge in [0.2, 0.25) is 0 Å². The Bertz CT molecular complexity index is 589. The predicted octanol–water partition coefficient (Wildman–Crippen LogP) is 4.73. The number of methoxy groups -OCH3 is 2. The van der Waals surface area contributed by atoms with Gasteiger partial charge in [-0.05, 0) is 12.1 Å². The first-order chi connectivity index (χ1) is 9.08. The van der Waals surface area contributed by atoms with Crippen molar-refractivity contribution in [3.8, 4) is 22.8 Å². The third kappa shape index (κ3) is 2.73. The number of ether oxygens (including phenoxy) is 2. The molecule has 2 rings (SSSR count). The van der Waals surface area contributed by atoms with E-state index in [0.717, 1.165) is 0 Å². The Morgan fingerprint density at radius 1 is 0.947 bits per heavy atom. The SMILES string of the molecule is COc1cc(OC)c(Cl)c(-c2cccc(Cl)n2)c1Cl. The monoisotopic (exact) mass is 317 g/mol. The zero-order valence-electron chi connectivity index (χ0n) is 10.2. The lowest BCUT2D eigenvalue weighted by atomic mass is 10.1. The second-order valence-corrected chi connectivity index (χ2v) is 4.77. The Morgan fingerprint density at radius 3 is 2.00 bits per heavy atom. The van der Waals surface area contributed by atoms with Crippen molar-refractivity contribution in [2.24, 2.45) is 0 Å². The summed E-state index contributed by atoms with van der Waals surface area (Å²) in [6, 6.07) is 6.82. The van der Waals surface area contributed by atoms with E-state index in [1.165, 1.54) is 14.2 Å². The summed E-state index contributed by atoms with van der Waals surface area (Å²) in [5, 5.41) is 1.08. The number of hydrogen-bond donors (Lipinski definition) is 0. The molecule has 0 fully saturated rings. The van der Waals surface area contributed by atoms with Crippen LogP contribution in [0.5, 0.6) is 11.5 Å². The van der Waals surface area contributed by atoms with Gasteiger partial charge in [-0.25, -0.2) is 4.98 Å². The standard InChI is InChI=1S/C13H10Cl3NO2/c1-18-8-6-9(19-2)13(16)11(12(8)15)7-4-3-5-10(14)17-7/h3-6H,1-2H3. The zero-order chi connectivity index (χ0) is 14.0. The van der Waals surface area contributed by atoms with Crippen molar-refractivity contribution in [2.45, 2.75) is 0 Å². The minimum Gasteiger partial charge on any atom is -0.495 e. The molecule has 0 atom stereocenters. The molecule has 0 radical (unpaired) electrons. The van der Waals surface area contributed by atoms with Gasteiger partial charge in [-0.15, -0.1) is 0 Å². The molecule has 0 N–H and O–H groups in total. The summed E-state index contributed by atoms with van der Waals surface area (Å²) < 4.78 is 10.4. The van der Waals surface area contributed by atoms with Crippen molar-refractivity contribution < 1.29 is 9.47 Å². The maximum Gasteiger partial charge on any atom is 0.141 e. The number of aromatic nitrogens is 1. The number of benzene rings is 1. The van der Waals surface area contributed by atoms with Crippen LogP contribution in [0.15, 0.2) is 24.3 Å². The first-order valence-corrected chi connectivity index (χ1v) is 6.44. The van der Waals surface area contributed by atoms with Crippen molar-refractivity contribution in [3.05, 3.63) is 39.5 Å². The van der Waals surface area contributed by atoms with Crippen molar-refractivity contribution in [3.63, 3.8) is 0 Å². The van der Waals surface area contributed by atoms with E-state index in [0.29, 0.717) is 38.0 Å². The molecule has 100 valence electrons. The highest BCUT2D eigenvalue weighted by Crippen LogP contribution is 2.45. The Hall–Kier alpha value is -1.16. The third-order valence-electron chi connectivity index (χ3n) is 2.54. The molecular formula is C13H10Cl3NO2. The zero-order valence-corrected chi connectivity index (χ0v) is 12.5. The topological polar surface area (TPSA) is 31.4 Å². The number of pyridine rings is 1. The van der Waals surface area contributed by atoms with Crippen molar-refractivity contribution >= 4 is 34.8 Å². The van der Waals surface area contributed by atoms with E-state index in [1.54, 1.807) is 24.3 Å². The summed E-state index contributed by atoms with van der Waals surface area (Å²) in [4.78, 5) is 4.20. The summed E-state index contributed by atoms with van der Waals surface area (Å²) in [5.41, 5.74) is 1.08. The van der Waals surface area contributed by atoms with E-state index >= 15 is 0 Å². The van der Waals surface area contributed by atoms with Crippen LogP contribution in [0.2, 0.25) is 15.2 Å². The van der Waals surface area contributed by atoms with Crippen LogP contribution < -0.4 is 9.47 Å². The smallest absolute Gasteiger partial charge is 0.141 e. The number of nitrogens with zero attached hydrogens (tertiary/aromatic N) is 1. The first-order valence-electron chi connectivity index (χ1n) is 5.31. The molecule has 0 spiro atoms. The second-order valence-electron chi connectivity index (χ2n) is 3.63. The van der Waals surface area contributed by atoms with Crippen LogP contribution in [0.3, 0.4) is 0 Å². The van der Waals surface area contributed by atoms with Crippen molar-refractivity contribution in [1.82, 2.24) is 4.98 Å². The quantitative estimate of drug-likeness (QED) is 0.767. The molecule has 0 saturated heterocycles. The molecular weight excluding hydrogens is 309 g/mol. The van der Waals surface area contributed by atoms with Crippen LogP contribution in [0, 0.1) is 0 Å². The minimum atomic E-state index is 0.353. The van der Waals surface area contributed by atoms with Gasteiger partial charge in [-0.3, -0.25) is 0 Å². The third-order valence-corrected chi connectivity index (χ3v) is 3.51. The summed E-state index contributed by atoms with van der Waals surface area (Å²) >= 11 is 18.5. The molecule has 0 aliphatic heterocycles. The van der Waals surface area contributed by atoms with E-state index in [-0.39, 0.29) is 0 Å². The van der Waals surface area contributed by atoms with Crippen LogP contribution in [0.1, 0.15) is 0 Å². The summed E-state index contributed by atoms with van der Waals surface area (Å²) in [6.45, 7) is 0. The number of hydrogen-bond acceptors (Lipinski definition) is 3. The molecule has 0 unspecified atom stereocenters. The van der Waals surface area contributed by atoms with E-state index in [1.807, 2.05) is 0 Å². The molecule has 0 saturated carbocycles. The highest BCUT2D eigenvalue weighted by molar-refractivity contribution is 6.41.